The van der Waals surface area contributed by atoms with E-state index < -0.39 is 29.3 Å². The van der Waals surface area contributed by atoms with Crippen LogP contribution in [0.3, 0.4) is 0 Å². The lowest BCUT2D eigenvalue weighted by Crippen LogP contribution is -2.35. The molecule has 0 aromatic heterocycles. The minimum absolute atomic E-state index is 0.160. The molecule has 0 aliphatic heterocycles. The first-order chi connectivity index (χ1) is 9.23. The van der Waals surface area contributed by atoms with Gasteiger partial charge < -0.3 is 10.1 Å². The fraction of sp³-hybridized carbons (Fsp3) is 0.462. The van der Waals surface area contributed by atoms with Gasteiger partial charge in [0.2, 0.25) is 0 Å². The van der Waals surface area contributed by atoms with Gasteiger partial charge in [0.1, 0.15) is 12.3 Å². The molecular formula is C13H17FN2O4. The number of carbonyl (C=O) groups excluding carboxylic acids is 1. The summed E-state index contributed by atoms with van der Waals surface area (Å²) in [6.07, 6.45) is -0.772. The normalized spacial score (nSPS) is 12.6. The third-order valence-corrected chi connectivity index (χ3v) is 2.33. The molecule has 1 amide bonds. The molecule has 0 bridgehead atoms. The Kier molecular flexibility index (Phi) is 5.01. The Morgan fingerprint density at radius 1 is 1.50 bits per heavy atom. The van der Waals surface area contributed by atoms with Crippen molar-refractivity contribution in [3.63, 3.8) is 0 Å². The van der Waals surface area contributed by atoms with E-state index in [-0.39, 0.29) is 5.69 Å². The number of amides is 1. The fourth-order valence-electron chi connectivity index (χ4n) is 1.52. The number of nitro benzene ring substituents is 1. The first-order valence-electron chi connectivity index (χ1n) is 6.03. The summed E-state index contributed by atoms with van der Waals surface area (Å²) in [6, 6.07) is 4.49. The van der Waals surface area contributed by atoms with Gasteiger partial charge in [-0.15, -0.1) is 0 Å². The highest BCUT2D eigenvalue weighted by molar-refractivity contribution is 5.68. The number of nitro groups is 1. The van der Waals surface area contributed by atoms with Crippen molar-refractivity contribution in [2.24, 2.45) is 0 Å². The van der Waals surface area contributed by atoms with Crippen LogP contribution in [-0.2, 0) is 4.74 Å². The molecule has 1 aromatic rings. The molecule has 0 aliphatic carbocycles. The molecule has 20 heavy (non-hydrogen) atoms. The average molecular weight is 284 g/mol. The van der Waals surface area contributed by atoms with E-state index in [1.807, 2.05) is 0 Å². The number of nitrogens with zero attached hydrogens (tertiary/aromatic N) is 1. The highest BCUT2D eigenvalue weighted by Gasteiger charge is 2.21. The van der Waals surface area contributed by atoms with E-state index in [1.165, 1.54) is 24.3 Å². The number of halogens is 1. The molecule has 0 radical (unpaired) electrons. The van der Waals surface area contributed by atoms with Gasteiger partial charge in [0, 0.05) is 12.1 Å². The molecule has 1 aromatic carbocycles. The van der Waals surface area contributed by atoms with Crippen LogP contribution < -0.4 is 5.32 Å². The number of nitrogens with one attached hydrogen (secondary N) is 1. The van der Waals surface area contributed by atoms with Gasteiger partial charge in [-0.2, -0.15) is 0 Å². The number of rotatable bonds is 4. The van der Waals surface area contributed by atoms with Crippen molar-refractivity contribution in [3.05, 3.63) is 39.9 Å². The van der Waals surface area contributed by atoms with E-state index in [0.29, 0.717) is 5.56 Å². The molecule has 7 heteroatoms. The maximum absolute atomic E-state index is 13.0. The number of benzene rings is 1. The standard InChI is InChI=1S/C13H17FN2O4/c1-13(2,3)20-12(17)15-11(8-14)9-5-4-6-10(7-9)16(18)19/h4-7,11H,8H2,1-3H3,(H,15,17). The third-order valence-electron chi connectivity index (χ3n) is 2.33. The highest BCUT2D eigenvalue weighted by atomic mass is 19.1. The summed E-state index contributed by atoms with van der Waals surface area (Å²) in [5.74, 6) is 0. The monoisotopic (exact) mass is 284 g/mol. The van der Waals surface area contributed by atoms with Gasteiger partial charge in [-0.3, -0.25) is 10.1 Å². The Morgan fingerprint density at radius 3 is 2.65 bits per heavy atom. The van der Waals surface area contributed by atoms with Gasteiger partial charge in [-0.1, -0.05) is 12.1 Å². The number of alkyl halides is 1. The molecule has 1 rings (SSSR count). The molecule has 6 nitrogen and oxygen atoms in total. The lowest BCUT2D eigenvalue weighted by Gasteiger charge is -2.22. The van der Waals surface area contributed by atoms with Crippen LogP contribution in [0.5, 0.6) is 0 Å². The van der Waals surface area contributed by atoms with Gasteiger partial charge in [0.25, 0.3) is 5.69 Å². The molecule has 110 valence electrons. The van der Waals surface area contributed by atoms with E-state index in [9.17, 15) is 19.3 Å². The minimum atomic E-state index is -0.982. The van der Waals surface area contributed by atoms with Crippen molar-refractivity contribution in [1.29, 1.82) is 0 Å². The molecule has 1 N–H and O–H groups in total. The Balaban J connectivity index is 2.83. The van der Waals surface area contributed by atoms with Gasteiger partial charge in [0.15, 0.2) is 0 Å². The number of alkyl carbamates (subject to hydrolysis) is 1. The van der Waals surface area contributed by atoms with Crippen molar-refractivity contribution in [1.82, 2.24) is 5.32 Å². The zero-order chi connectivity index (χ0) is 15.3. The van der Waals surface area contributed by atoms with Crippen molar-refractivity contribution < 1.29 is 18.8 Å². The summed E-state index contributed by atoms with van der Waals surface area (Å²) < 4.78 is 18.0. The zero-order valence-electron chi connectivity index (χ0n) is 11.6. The van der Waals surface area contributed by atoms with Crippen LogP contribution in [0, 0.1) is 10.1 Å². The molecular weight excluding hydrogens is 267 g/mol. The molecule has 1 atom stereocenters. The van der Waals surface area contributed by atoms with Crippen molar-refractivity contribution >= 4 is 11.8 Å². The summed E-state index contributed by atoms with van der Waals surface area (Å²) in [5.41, 5.74) is -0.548. The van der Waals surface area contributed by atoms with E-state index >= 15 is 0 Å². The number of hydrogen-bond donors (Lipinski definition) is 1. The SMILES string of the molecule is CC(C)(C)OC(=O)NC(CF)c1cccc([N+](=O)[O-])c1. The third kappa shape index (κ3) is 4.83. The summed E-state index contributed by atoms with van der Waals surface area (Å²) in [7, 11) is 0. The second kappa shape index (κ2) is 6.31. The van der Waals surface area contributed by atoms with Crippen LogP contribution in [0.1, 0.15) is 32.4 Å². The molecule has 0 spiro atoms. The summed E-state index contributed by atoms with van der Waals surface area (Å²) in [5, 5.41) is 13.0. The molecule has 0 fully saturated rings. The van der Waals surface area contributed by atoms with Crippen molar-refractivity contribution in [2.45, 2.75) is 32.4 Å². The van der Waals surface area contributed by atoms with Crippen LogP contribution in [0.2, 0.25) is 0 Å². The van der Waals surface area contributed by atoms with Crippen LogP contribution >= 0.6 is 0 Å². The Morgan fingerprint density at radius 2 is 2.15 bits per heavy atom. The van der Waals surface area contributed by atoms with Gasteiger partial charge in [-0.05, 0) is 26.3 Å². The second-order valence-electron chi connectivity index (χ2n) is 5.21. The molecule has 0 heterocycles. The van der Waals surface area contributed by atoms with E-state index in [2.05, 4.69) is 5.32 Å². The molecule has 0 saturated carbocycles. The van der Waals surface area contributed by atoms with Crippen LogP contribution in [-0.4, -0.2) is 23.3 Å². The number of non-ortho nitro benzene ring substituents is 1. The number of carbonyl (C=O) groups is 1. The molecule has 0 saturated heterocycles. The van der Waals surface area contributed by atoms with E-state index in [0.717, 1.165) is 0 Å². The van der Waals surface area contributed by atoms with Crippen LogP contribution in [0.4, 0.5) is 14.9 Å². The highest BCUT2D eigenvalue weighted by Crippen LogP contribution is 2.20. The minimum Gasteiger partial charge on any atom is -0.444 e. The van der Waals surface area contributed by atoms with Crippen molar-refractivity contribution in [3.8, 4) is 0 Å². The average Bonchev–Trinajstić information content (AvgIpc) is 2.34. The Bertz CT molecular complexity index is 499. The summed E-state index contributed by atoms with van der Waals surface area (Å²) >= 11 is 0. The van der Waals surface area contributed by atoms with Crippen LogP contribution in [0.25, 0.3) is 0 Å². The van der Waals surface area contributed by atoms with Gasteiger partial charge in [0.05, 0.1) is 11.0 Å². The van der Waals surface area contributed by atoms with Gasteiger partial charge in [-0.25, -0.2) is 9.18 Å². The maximum atomic E-state index is 13.0. The fourth-order valence-corrected chi connectivity index (χ4v) is 1.52. The quantitative estimate of drug-likeness (QED) is 0.680. The lowest BCUT2D eigenvalue weighted by atomic mass is 10.1. The first-order valence-corrected chi connectivity index (χ1v) is 6.03. The second-order valence-corrected chi connectivity index (χ2v) is 5.21. The smallest absolute Gasteiger partial charge is 0.408 e. The topological polar surface area (TPSA) is 81.5 Å². The lowest BCUT2D eigenvalue weighted by molar-refractivity contribution is -0.384. The van der Waals surface area contributed by atoms with E-state index in [1.54, 1.807) is 20.8 Å². The van der Waals surface area contributed by atoms with Crippen molar-refractivity contribution in [2.75, 3.05) is 6.67 Å². The maximum Gasteiger partial charge on any atom is 0.408 e. The predicted molar refractivity (Wildman–Crippen MR) is 71.2 cm³/mol. The Hall–Kier alpha value is -2.18. The summed E-state index contributed by atoms with van der Waals surface area (Å²) in [6.45, 7) is 4.17. The number of hydrogen-bond acceptors (Lipinski definition) is 4. The van der Waals surface area contributed by atoms with E-state index in [4.69, 9.17) is 4.74 Å². The van der Waals surface area contributed by atoms with Crippen LogP contribution in [0.15, 0.2) is 24.3 Å². The molecule has 1 unspecified atom stereocenters. The largest absolute Gasteiger partial charge is 0.444 e. The first kappa shape index (κ1) is 15.9. The summed E-state index contributed by atoms with van der Waals surface area (Å²) in [4.78, 5) is 21.7. The molecule has 0 aliphatic rings. The number of ether oxygens (including phenoxy) is 1. The zero-order valence-corrected chi connectivity index (χ0v) is 11.6. The Labute approximate surface area is 116 Å². The van der Waals surface area contributed by atoms with Gasteiger partial charge >= 0.3 is 6.09 Å². The predicted octanol–water partition coefficient (Wildman–Crippen LogP) is 3.13.